The molecule has 0 aliphatic heterocycles. The number of hydrogen-bond donors (Lipinski definition) is 1. The summed E-state index contributed by atoms with van der Waals surface area (Å²) in [7, 11) is 0. The molecular weight excluding hydrogens is 256 g/mol. The average Bonchev–Trinajstić information content (AvgIpc) is 2.46. The van der Waals surface area contributed by atoms with Gasteiger partial charge in [-0.2, -0.15) is 0 Å². The number of nitrogens with two attached hydrogens (primary N) is 1. The summed E-state index contributed by atoms with van der Waals surface area (Å²) in [4.78, 5) is 10.1. The Morgan fingerprint density at radius 3 is 2.45 bits per heavy atom. The van der Waals surface area contributed by atoms with Crippen LogP contribution < -0.4 is 10.5 Å². The first kappa shape index (κ1) is 14.0. The molecule has 0 saturated carbocycles. The van der Waals surface area contributed by atoms with Gasteiger partial charge in [-0.3, -0.25) is 10.1 Å². The van der Waals surface area contributed by atoms with Crippen LogP contribution in [-0.2, 0) is 0 Å². The summed E-state index contributed by atoms with van der Waals surface area (Å²) < 4.78 is 5.67. The summed E-state index contributed by atoms with van der Waals surface area (Å²) in [6.45, 7) is 2.29. The van der Waals surface area contributed by atoms with Gasteiger partial charge in [0.2, 0.25) is 0 Å². The lowest BCUT2D eigenvalue weighted by atomic mass is 10.1. The topological polar surface area (TPSA) is 78.4 Å². The number of nitrogens with zero attached hydrogens (tertiary/aromatic N) is 1. The van der Waals surface area contributed by atoms with Crippen LogP contribution in [0.25, 0.3) is 0 Å². The molecule has 5 nitrogen and oxygen atoms in total. The van der Waals surface area contributed by atoms with Gasteiger partial charge in [-0.25, -0.2) is 0 Å². The summed E-state index contributed by atoms with van der Waals surface area (Å²) in [5.41, 5.74) is 7.93. The maximum absolute atomic E-state index is 10.6. The van der Waals surface area contributed by atoms with Crippen LogP contribution in [0.3, 0.4) is 0 Å². The van der Waals surface area contributed by atoms with E-state index in [9.17, 15) is 10.1 Å². The van der Waals surface area contributed by atoms with E-state index < -0.39 is 4.92 Å². The zero-order valence-electron chi connectivity index (χ0n) is 11.2. The Morgan fingerprint density at radius 1 is 1.20 bits per heavy atom. The van der Waals surface area contributed by atoms with Gasteiger partial charge in [-0.05, 0) is 24.1 Å². The minimum absolute atomic E-state index is 0.0563. The normalized spacial score (nSPS) is 11.9. The largest absolute Gasteiger partial charge is 0.491 e. The maximum Gasteiger partial charge on any atom is 0.269 e. The third kappa shape index (κ3) is 3.33. The highest BCUT2D eigenvalue weighted by Gasteiger charge is 2.10. The SMILES string of the molecule is Cc1ccccc1OCC(N)c1ccc([N+](=O)[O-])cc1. The van der Waals surface area contributed by atoms with Gasteiger partial charge in [0.25, 0.3) is 5.69 Å². The van der Waals surface area contributed by atoms with Crippen molar-refractivity contribution in [2.45, 2.75) is 13.0 Å². The molecule has 0 fully saturated rings. The first-order chi connectivity index (χ1) is 9.58. The highest BCUT2D eigenvalue weighted by molar-refractivity contribution is 5.35. The van der Waals surface area contributed by atoms with E-state index in [2.05, 4.69) is 0 Å². The highest BCUT2D eigenvalue weighted by Crippen LogP contribution is 2.20. The molecule has 2 rings (SSSR count). The number of benzene rings is 2. The molecule has 2 aromatic rings. The van der Waals surface area contributed by atoms with Crippen molar-refractivity contribution in [3.63, 3.8) is 0 Å². The Morgan fingerprint density at radius 2 is 1.85 bits per heavy atom. The van der Waals surface area contributed by atoms with Gasteiger partial charge in [0, 0.05) is 12.1 Å². The maximum atomic E-state index is 10.6. The summed E-state index contributed by atoms with van der Waals surface area (Å²) in [6, 6.07) is 13.6. The number of non-ortho nitro benzene ring substituents is 1. The molecule has 2 aromatic carbocycles. The van der Waals surface area contributed by atoms with Crippen LogP contribution in [0.1, 0.15) is 17.2 Å². The van der Waals surface area contributed by atoms with Gasteiger partial charge < -0.3 is 10.5 Å². The summed E-state index contributed by atoms with van der Waals surface area (Å²) >= 11 is 0. The molecule has 0 radical (unpaired) electrons. The number of hydrogen-bond acceptors (Lipinski definition) is 4. The van der Waals surface area contributed by atoms with Crippen LogP contribution >= 0.6 is 0 Å². The van der Waals surface area contributed by atoms with Crippen LogP contribution in [0.4, 0.5) is 5.69 Å². The second kappa shape index (κ2) is 6.16. The molecule has 0 amide bonds. The zero-order chi connectivity index (χ0) is 14.5. The van der Waals surface area contributed by atoms with Gasteiger partial charge in [0.1, 0.15) is 12.4 Å². The molecule has 0 heterocycles. The molecule has 0 saturated heterocycles. The van der Waals surface area contributed by atoms with Crippen molar-refractivity contribution in [3.05, 3.63) is 69.8 Å². The number of rotatable bonds is 5. The van der Waals surface area contributed by atoms with Crippen molar-refractivity contribution in [3.8, 4) is 5.75 Å². The van der Waals surface area contributed by atoms with E-state index in [1.807, 2.05) is 31.2 Å². The predicted octanol–water partition coefficient (Wildman–Crippen LogP) is 2.98. The van der Waals surface area contributed by atoms with E-state index >= 15 is 0 Å². The van der Waals surface area contributed by atoms with Crippen LogP contribution in [-0.4, -0.2) is 11.5 Å². The number of aryl methyl sites for hydroxylation is 1. The lowest BCUT2D eigenvalue weighted by Crippen LogP contribution is -2.19. The Labute approximate surface area is 117 Å². The molecule has 0 aromatic heterocycles. The van der Waals surface area contributed by atoms with Gasteiger partial charge in [-0.1, -0.05) is 30.3 Å². The molecular formula is C15H16N2O3. The minimum Gasteiger partial charge on any atom is -0.491 e. The third-order valence-corrected chi connectivity index (χ3v) is 3.04. The molecule has 20 heavy (non-hydrogen) atoms. The van der Waals surface area contributed by atoms with E-state index in [-0.39, 0.29) is 11.7 Å². The Kier molecular flexibility index (Phi) is 4.32. The number of ether oxygens (including phenoxy) is 1. The summed E-state index contributed by atoms with van der Waals surface area (Å²) in [5, 5.41) is 10.6. The van der Waals surface area contributed by atoms with E-state index in [1.54, 1.807) is 12.1 Å². The lowest BCUT2D eigenvalue weighted by molar-refractivity contribution is -0.384. The first-order valence-corrected chi connectivity index (χ1v) is 6.26. The second-order valence-corrected chi connectivity index (χ2v) is 4.53. The van der Waals surface area contributed by atoms with Crippen molar-refractivity contribution in [1.29, 1.82) is 0 Å². The molecule has 0 spiro atoms. The van der Waals surface area contributed by atoms with Gasteiger partial charge in [0.05, 0.1) is 11.0 Å². The summed E-state index contributed by atoms with van der Waals surface area (Å²) in [5.74, 6) is 0.796. The monoisotopic (exact) mass is 272 g/mol. The standard InChI is InChI=1S/C15H16N2O3/c1-11-4-2-3-5-15(11)20-10-14(16)12-6-8-13(9-7-12)17(18)19/h2-9,14H,10,16H2,1H3. The summed E-state index contributed by atoms with van der Waals surface area (Å²) in [6.07, 6.45) is 0. The fraction of sp³-hybridized carbons (Fsp3) is 0.200. The quantitative estimate of drug-likeness (QED) is 0.670. The van der Waals surface area contributed by atoms with Crippen molar-refractivity contribution in [2.75, 3.05) is 6.61 Å². The average molecular weight is 272 g/mol. The molecule has 1 atom stereocenters. The molecule has 0 bridgehead atoms. The minimum atomic E-state index is -0.431. The number of nitro groups is 1. The molecule has 104 valence electrons. The van der Waals surface area contributed by atoms with E-state index in [0.29, 0.717) is 6.61 Å². The molecule has 1 unspecified atom stereocenters. The Balaban J connectivity index is 2.00. The predicted molar refractivity (Wildman–Crippen MR) is 76.7 cm³/mol. The first-order valence-electron chi connectivity index (χ1n) is 6.26. The second-order valence-electron chi connectivity index (χ2n) is 4.53. The fourth-order valence-corrected chi connectivity index (χ4v) is 1.84. The smallest absolute Gasteiger partial charge is 0.269 e. The van der Waals surface area contributed by atoms with Crippen molar-refractivity contribution in [1.82, 2.24) is 0 Å². The van der Waals surface area contributed by atoms with E-state index in [4.69, 9.17) is 10.5 Å². The Hall–Kier alpha value is -2.40. The zero-order valence-corrected chi connectivity index (χ0v) is 11.2. The molecule has 0 aliphatic rings. The number of para-hydroxylation sites is 1. The van der Waals surface area contributed by atoms with E-state index in [1.165, 1.54) is 12.1 Å². The third-order valence-electron chi connectivity index (χ3n) is 3.04. The number of nitro benzene ring substituents is 1. The molecule has 5 heteroatoms. The van der Waals surface area contributed by atoms with Gasteiger partial charge >= 0.3 is 0 Å². The van der Waals surface area contributed by atoms with Crippen LogP contribution in [0.15, 0.2) is 48.5 Å². The highest BCUT2D eigenvalue weighted by atomic mass is 16.6. The lowest BCUT2D eigenvalue weighted by Gasteiger charge is -2.14. The van der Waals surface area contributed by atoms with Crippen molar-refractivity contribution >= 4 is 5.69 Å². The van der Waals surface area contributed by atoms with E-state index in [0.717, 1.165) is 16.9 Å². The van der Waals surface area contributed by atoms with Crippen LogP contribution in [0.5, 0.6) is 5.75 Å². The molecule has 2 N–H and O–H groups in total. The van der Waals surface area contributed by atoms with Crippen molar-refractivity contribution in [2.24, 2.45) is 5.73 Å². The molecule has 0 aliphatic carbocycles. The van der Waals surface area contributed by atoms with Gasteiger partial charge in [-0.15, -0.1) is 0 Å². The van der Waals surface area contributed by atoms with Gasteiger partial charge in [0.15, 0.2) is 0 Å². The van der Waals surface area contributed by atoms with Crippen LogP contribution in [0, 0.1) is 17.0 Å². The van der Waals surface area contributed by atoms with Crippen LogP contribution in [0.2, 0.25) is 0 Å². The van der Waals surface area contributed by atoms with Crippen molar-refractivity contribution < 1.29 is 9.66 Å². The fourth-order valence-electron chi connectivity index (χ4n) is 1.84. The Bertz CT molecular complexity index is 596.